The summed E-state index contributed by atoms with van der Waals surface area (Å²) in [5.41, 5.74) is 1.36. The molecule has 148 valence electrons. The molecule has 2 atom stereocenters. The highest BCUT2D eigenvalue weighted by Gasteiger charge is 2.46. The molecule has 1 aromatic rings. The first kappa shape index (κ1) is 20.1. The molecule has 1 fully saturated rings. The first-order chi connectivity index (χ1) is 13.4. The Morgan fingerprint density at radius 1 is 1.18 bits per heavy atom. The number of carbonyl (C=O) groups is 4. The summed E-state index contributed by atoms with van der Waals surface area (Å²) in [5, 5.41) is 3.11. The summed E-state index contributed by atoms with van der Waals surface area (Å²) < 4.78 is 4.95. The van der Waals surface area contributed by atoms with Gasteiger partial charge in [-0.1, -0.05) is 29.8 Å². The SMILES string of the molecule is Cc1ccc(Cl)cc1NC(=O)COC(=O)CCN1C(=O)[C@H]2CC=CC[C@H]2C1=O. The van der Waals surface area contributed by atoms with Gasteiger partial charge >= 0.3 is 5.97 Å². The summed E-state index contributed by atoms with van der Waals surface area (Å²) in [5.74, 6) is -2.25. The van der Waals surface area contributed by atoms with E-state index in [2.05, 4.69) is 5.32 Å². The molecule has 0 bridgehead atoms. The Bertz CT molecular complexity index is 825. The van der Waals surface area contributed by atoms with Crippen LogP contribution in [0.3, 0.4) is 0 Å². The van der Waals surface area contributed by atoms with Crippen LogP contribution in [0.1, 0.15) is 24.8 Å². The lowest BCUT2D eigenvalue weighted by Gasteiger charge is -2.14. The monoisotopic (exact) mass is 404 g/mol. The van der Waals surface area contributed by atoms with Gasteiger partial charge in [-0.2, -0.15) is 0 Å². The van der Waals surface area contributed by atoms with E-state index in [4.69, 9.17) is 16.3 Å². The molecule has 0 aromatic heterocycles. The second kappa shape index (κ2) is 8.56. The Hall–Kier alpha value is -2.67. The number of allylic oxidation sites excluding steroid dienone is 2. The lowest BCUT2D eigenvalue weighted by atomic mass is 9.85. The van der Waals surface area contributed by atoms with Crippen molar-refractivity contribution in [3.8, 4) is 0 Å². The van der Waals surface area contributed by atoms with Crippen LogP contribution in [0.4, 0.5) is 5.69 Å². The number of ether oxygens (including phenoxy) is 1. The van der Waals surface area contributed by atoms with Gasteiger partial charge in [0.05, 0.1) is 18.3 Å². The first-order valence-corrected chi connectivity index (χ1v) is 9.46. The normalized spacial score (nSPS) is 20.9. The van der Waals surface area contributed by atoms with Gasteiger partial charge in [0.2, 0.25) is 11.8 Å². The van der Waals surface area contributed by atoms with Gasteiger partial charge in [-0.15, -0.1) is 0 Å². The molecule has 2 aliphatic rings. The number of aryl methyl sites for hydroxylation is 1. The van der Waals surface area contributed by atoms with Gasteiger partial charge in [-0.25, -0.2) is 0 Å². The molecule has 0 spiro atoms. The van der Waals surface area contributed by atoms with Crippen molar-refractivity contribution in [2.45, 2.75) is 26.2 Å². The molecule has 0 unspecified atom stereocenters. The maximum Gasteiger partial charge on any atom is 0.308 e. The van der Waals surface area contributed by atoms with Crippen LogP contribution in [0.5, 0.6) is 0 Å². The topological polar surface area (TPSA) is 92.8 Å². The molecule has 1 aliphatic heterocycles. The van der Waals surface area contributed by atoms with E-state index in [-0.39, 0.29) is 36.6 Å². The number of benzene rings is 1. The zero-order valence-electron chi connectivity index (χ0n) is 15.4. The minimum Gasteiger partial charge on any atom is -0.456 e. The van der Waals surface area contributed by atoms with Gasteiger partial charge in [-0.05, 0) is 37.5 Å². The zero-order chi connectivity index (χ0) is 20.3. The minimum atomic E-state index is -0.647. The van der Waals surface area contributed by atoms with Gasteiger partial charge in [0, 0.05) is 17.3 Å². The van der Waals surface area contributed by atoms with Crippen LogP contribution in [-0.4, -0.2) is 41.7 Å². The number of imide groups is 1. The van der Waals surface area contributed by atoms with Crippen LogP contribution in [0.2, 0.25) is 5.02 Å². The van der Waals surface area contributed by atoms with E-state index in [0.717, 1.165) is 10.5 Å². The van der Waals surface area contributed by atoms with Crippen molar-refractivity contribution < 1.29 is 23.9 Å². The summed E-state index contributed by atoms with van der Waals surface area (Å²) in [6.45, 7) is 1.33. The highest BCUT2D eigenvalue weighted by atomic mass is 35.5. The number of esters is 1. The number of hydrogen-bond acceptors (Lipinski definition) is 5. The van der Waals surface area contributed by atoms with Crippen LogP contribution < -0.4 is 5.32 Å². The molecule has 8 heteroatoms. The van der Waals surface area contributed by atoms with Crippen LogP contribution in [0.25, 0.3) is 0 Å². The van der Waals surface area contributed by atoms with Crippen molar-refractivity contribution in [2.75, 3.05) is 18.5 Å². The molecule has 0 saturated carbocycles. The van der Waals surface area contributed by atoms with Crippen molar-refractivity contribution in [3.05, 3.63) is 40.9 Å². The largest absolute Gasteiger partial charge is 0.456 e. The predicted molar refractivity (Wildman–Crippen MR) is 102 cm³/mol. The molecular formula is C20H21ClN2O5. The average Bonchev–Trinajstić information content (AvgIpc) is 2.92. The summed E-state index contributed by atoms with van der Waals surface area (Å²) >= 11 is 5.90. The van der Waals surface area contributed by atoms with Gasteiger partial charge in [0.15, 0.2) is 6.61 Å². The van der Waals surface area contributed by atoms with Crippen LogP contribution in [0, 0.1) is 18.8 Å². The number of halogens is 1. The van der Waals surface area contributed by atoms with Gasteiger partial charge < -0.3 is 10.1 Å². The molecule has 1 aliphatic carbocycles. The summed E-state index contributed by atoms with van der Waals surface area (Å²) in [6.07, 6.45) is 4.78. The Balaban J connectivity index is 1.45. The number of amides is 3. The number of nitrogens with one attached hydrogen (secondary N) is 1. The molecule has 7 nitrogen and oxygen atoms in total. The average molecular weight is 405 g/mol. The van der Waals surface area contributed by atoms with Crippen molar-refractivity contribution in [1.82, 2.24) is 4.90 Å². The molecule has 1 saturated heterocycles. The smallest absolute Gasteiger partial charge is 0.308 e. The molecule has 0 radical (unpaired) electrons. The van der Waals surface area contributed by atoms with E-state index in [1.165, 1.54) is 0 Å². The highest BCUT2D eigenvalue weighted by Crippen LogP contribution is 2.35. The van der Waals surface area contributed by atoms with Gasteiger partial charge in [0.25, 0.3) is 5.91 Å². The third kappa shape index (κ3) is 4.42. The molecule has 1 N–H and O–H groups in total. The number of nitrogens with zero attached hydrogens (tertiary/aromatic N) is 1. The Labute approximate surface area is 167 Å². The first-order valence-electron chi connectivity index (χ1n) is 9.08. The highest BCUT2D eigenvalue weighted by molar-refractivity contribution is 6.31. The second-order valence-electron chi connectivity index (χ2n) is 6.90. The fourth-order valence-corrected chi connectivity index (χ4v) is 3.60. The Kier molecular flexibility index (Phi) is 6.14. The third-order valence-corrected chi connectivity index (χ3v) is 5.21. The second-order valence-corrected chi connectivity index (χ2v) is 7.34. The predicted octanol–water partition coefficient (Wildman–Crippen LogP) is 2.47. The zero-order valence-corrected chi connectivity index (χ0v) is 16.2. The molecule has 1 heterocycles. The van der Waals surface area contributed by atoms with E-state index >= 15 is 0 Å². The van der Waals surface area contributed by atoms with Crippen LogP contribution in [0.15, 0.2) is 30.4 Å². The van der Waals surface area contributed by atoms with Crippen molar-refractivity contribution in [2.24, 2.45) is 11.8 Å². The number of likely N-dealkylation sites (tertiary alicyclic amines) is 1. The molecular weight excluding hydrogens is 384 g/mol. The summed E-state index contributed by atoms with van der Waals surface area (Å²) in [7, 11) is 0. The number of anilines is 1. The Morgan fingerprint density at radius 2 is 1.82 bits per heavy atom. The van der Waals surface area contributed by atoms with E-state index in [9.17, 15) is 19.2 Å². The lowest BCUT2D eigenvalue weighted by Crippen LogP contribution is -2.33. The lowest BCUT2D eigenvalue weighted by molar-refractivity contribution is -0.148. The van der Waals surface area contributed by atoms with Gasteiger partial charge in [-0.3, -0.25) is 24.1 Å². The summed E-state index contributed by atoms with van der Waals surface area (Å²) in [4.78, 5) is 49.7. The number of carbonyl (C=O) groups excluding carboxylic acids is 4. The van der Waals surface area contributed by atoms with Gasteiger partial charge in [0.1, 0.15) is 0 Å². The van der Waals surface area contributed by atoms with E-state index in [0.29, 0.717) is 23.6 Å². The third-order valence-electron chi connectivity index (χ3n) is 4.98. The van der Waals surface area contributed by atoms with E-state index in [1.807, 2.05) is 19.1 Å². The Morgan fingerprint density at radius 3 is 2.46 bits per heavy atom. The molecule has 3 amide bonds. The fourth-order valence-electron chi connectivity index (χ4n) is 3.43. The molecule has 1 aromatic carbocycles. The number of hydrogen-bond donors (Lipinski definition) is 1. The van der Waals surface area contributed by atoms with Crippen molar-refractivity contribution in [3.63, 3.8) is 0 Å². The minimum absolute atomic E-state index is 0.0292. The molecule has 3 rings (SSSR count). The van der Waals surface area contributed by atoms with Crippen LogP contribution in [-0.2, 0) is 23.9 Å². The maximum atomic E-state index is 12.3. The van der Waals surface area contributed by atoms with Crippen molar-refractivity contribution in [1.29, 1.82) is 0 Å². The number of rotatable bonds is 6. The number of fused-ring (bicyclic) bond motifs is 1. The van der Waals surface area contributed by atoms with Crippen LogP contribution >= 0.6 is 11.6 Å². The summed E-state index contributed by atoms with van der Waals surface area (Å²) in [6, 6.07) is 5.08. The standard InChI is InChI=1S/C20H21ClN2O5/c1-12-6-7-13(21)10-16(12)22-17(24)11-28-18(25)8-9-23-19(26)14-4-2-3-5-15(14)20(23)27/h2-3,6-7,10,14-15H,4-5,8-9,11H2,1H3,(H,22,24)/t14-,15+. The van der Waals surface area contributed by atoms with E-state index in [1.54, 1.807) is 18.2 Å². The maximum absolute atomic E-state index is 12.3. The molecule has 28 heavy (non-hydrogen) atoms. The fraction of sp³-hybridized carbons (Fsp3) is 0.400. The van der Waals surface area contributed by atoms with E-state index < -0.39 is 18.5 Å². The quantitative estimate of drug-likeness (QED) is 0.446. The van der Waals surface area contributed by atoms with Crippen molar-refractivity contribution >= 4 is 41.0 Å².